The maximum atomic E-state index is 7.17. The van der Waals surface area contributed by atoms with Crippen molar-refractivity contribution in [2.24, 2.45) is 17.6 Å². The third-order valence-corrected chi connectivity index (χ3v) is 8.73. The van der Waals surface area contributed by atoms with Gasteiger partial charge in [0.1, 0.15) is 11.4 Å². The first-order chi connectivity index (χ1) is 18.0. The van der Waals surface area contributed by atoms with E-state index in [0.717, 1.165) is 45.1 Å². The zero-order chi connectivity index (χ0) is 25.7. The Balaban J connectivity index is 1.20. The molecule has 2 aliphatic carbocycles. The van der Waals surface area contributed by atoms with E-state index in [1.807, 2.05) is 54.7 Å². The monoisotopic (exact) mass is 512 g/mol. The summed E-state index contributed by atoms with van der Waals surface area (Å²) in [5, 5.41) is 0.728. The van der Waals surface area contributed by atoms with Gasteiger partial charge in [0.05, 0.1) is 6.61 Å². The summed E-state index contributed by atoms with van der Waals surface area (Å²) >= 11 is 5.99. The standard InChI is InChI=1S/C33H37ClN2O/c1-24-22-25(10-17-31-18-14-27(23-36-31)26-12-15-30(34)16-13-26)11-19-32(24)37-21-20-33(35,28-6-2-3-7-28)29-8-4-5-9-29/h11-16,18-19,22-23,28-29H,2-9,20-21,35H2,1H3. The summed E-state index contributed by atoms with van der Waals surface area (Å²) in [4.78, 5) is 4.52. The van der Waals surface area contributed by atoms with Gasteiger partial charge >= 0.3 is 0 Å². The van der Waals surface area contributed by atoms with Crippen molar-refractivity contribution in [1.29, 1.82) is 0 Å². The van der Waals surface area contributed by atoms with Gasteiger partial charge in [-0.05, 0) is 104 Å². The number of pyridine rings is 1. The molecule has 37 heavy (non-hydrogen) atoms. The van der Waals surface area contributed by atoms with Gasteiger partial charge in [-0.1, -0.05) is 61.4 Å². The molecule has 2 aliphatic rings. The van der Waals surface area contributed by atoms with Crippen LogP contribution in [0.2, 0.25) is 5.02 Å². The van der Waals surface area contributed by atoms with E-state index in [1.165, 1.54) is 51.4 Å². The molecule has 0 bridgehead atoms. The van der Waals surface area contributed by atoms with Crippen LogP contribution in [0.25, 0.3) is 11.1 Å². The summed E-state index contributed by atoms with van der Waals surface area (Å²) in [6.45, 7) is 2.77. The van der Waals surface area contributed by atoms with E-state index < -0.39 is 0 Å². The molecule has 1 aromatic heterocycles. The van der Waals surface area contributed by atoms with Crippen LogP contribution in [-0.4, -0.2) is 17.1 Å². The van der Waals surface area contributed by atoms with Crippen molar-refractivity contribution in [3.8, 4) is 28.7 Å². The highest BCUT2D eigenvalue weighted by Gasteiger charge is 2.43. The minimum atomic E-state index is -0.0670. The van der Waals surface area contributed by atoms with Crippen molar-refractivity contribution in [2.75, 3.05) is 6.61 Å². The molecule has 1 heterocycles. The van der Waals surface area contributed by atoms with Crippen molar-refractivity contribution in [2.45, 2.75) is 70.3 Å². The molecule has 0 amide bonds. The highest BCUT2D eigenvalue weighted by atomic mass is 35.5. The lowest BCUT2D eigenvalue weighted by atomic mass is 9.71. The van der Waals surface area contributed by atoms with Gasteiger partial charge in [-0.3, -0.25) is 0 Å². The Kier molecular flexibility index (Phi) is 8.18. The van der Waals surface area contributed by atoms with Gasteiger partial charge in [0.15, 0.2) is 0 Å². The minimum absolute atomic E-state index is 0.0670. The highest BCUT2D eigenvalue weighted by molar-refractivity contribution is 6.30. The lowest BCUT2D eigenvalue weighted by Crippen LogP contribution is -2.53. The third kappa shape index (κ3) is 6.20. The number of rotatable bonds is 7. The Morgan fingerprint density at radius 3 is 2.14 bits per heavy atom. The number of aromatic nitrogens is 1. The van der Waals surface area contributed by atoms with Crippen molar-refractivity contribution < 1.29 is 4.74 Å². The van der Waals surface area contributed by atoms with E-state index in [9.17, 15) is 0 Å². The van der Waals surface area contributed by atoms with Gasteiger partial charge in [-0.15, -0.1) is 0 Å². The molecule has 0 saturated heterocycles. The van der Waals surface area contributed by atoms with E-state index in [-0.39, 0.29) is 5.54 Å². The zero-order valence-electron chi connectivity index (χ0n) is 21.8. The molecule has 2 N–H and O–H groups in total. The Hall–Kier alpha value is -2.80. The molecular weight excluding hydrogens is 476 g/mol. The predicted octanol–water partition coefficient (Wildman–Crippen LogP) is 7.96. The molecule has 0 atom stereocenters. The van der Waals surface area contributed by atoms with Gasteiger partial charge in [0.2, 0.25) is 0 Å². The largest absolute Gasteiger partial charge is 0.493 e. The first-order valence-corrected chi connectivity index (χ1v) is 14.2. The van der Waals surface area contributed by atoms with E-state index >= 15 is 0 Å². The molecule has 0 radical (unpaired) electrons. The summed E-state index contributed by atoms with van der Waals surface area (Å²) in [5.41, 5.74) is 12.0. The molecular formula is C33H37ClN2O. The van der Waals surface area contributed by atoms with Crippen LogP contribution in [0.15, 0.2) is 60.8 Å². The Morgan fingerprint density at radius 1 is 0.892 bits per heavy atom. The molecule has 0 aliphatic heterocycles. The van der Waals surface area contributed by atoms with Gasteiger partial charge < -0.3 is 10.5 Å². The van der Waals surface area contributed by atoms with Crippen LogP contribution in [0.3, 0.4) is 0 Å². The first kappa shape index (κ1) is 25.8. The number of hydrogen-bond donors (Lipinski definition) is 1. The number of aryl methyl sites for hydroxylation is 1. The van der Waals surface area contributed by atoms with Gasteiger partial charge in [0.25, 0.3) is 0 Å². The lowest BCUT2D eigenvalue weighted by Gasteiger charge is -2.41. The summed E-state index contributed by atoms with van der Waals surface area (Å²) in [7, 11) is 0. The van der Waals surface area contributed by atoms with E-state index in [4.69, 9.17) is 22.1 Å². The average molecular weight is 513 g/mol. The third-order valence-electron chi connectivity index (χ3n) is 8.47. The molecule has 2 aromatic carbocycles. The van der Waals surface area contributed by atoms with Crippen LogP contribution in [0.5, 0.6) is 5.75 Å². The summed E-state index contributed by atoms with van der Waals surface area (Å²) < 4.78 is 6.28. The fraction of sp³-hybridized carbons (Fsp3) is 0.424. The van der Waals surface area contributed by atoms with Crippen LogP contribution < -0.4 is 10.5 Å². The molecule has 3 nitrogen and oxygen atoms in total. The van der Waals surface area contributed by atoms with Crippen LogP contribution in [-0.2, 0) is 0 Å². The molecule has 2 saturated carbocycles. The molecule has 0 unspecified atom stereocenters. The minimum Gasteiger partial charge on any atom is -0.493 e. The predicted molar refractivity (Wildman–Crippen MR) is 153 cm³/mol. The number of halogens is 1. The second-order valence-electron chi connectivity index (χ2n) is 10.8. The SMILES string of the molecule is Cc1cc(C#Cc2ccc(-c3ccc(Cl)cc3)cn2)ccc1OCCC(N)(C1CCCC1)C1CCCC1. The molecule has 0 spiro atoms. The molecule has 5 rings (SSSR count). The fourth-order valence-electron chi connectivity index (χ4n) is 6.31. The molecule has 192 valence electrons. The Bertz CT molecular complexity index is 1230. The summed E-state index contributed by atoms with van der Waals surface area (Å²) in [6, 6.07) is 17.9. The van der Waals surface area contributed by atoms with Crippen LogP contribution in [0, 0.1) is 30.6 Å². The Labute approximate surface area is 226 Å². The van der Waals surface area contributed by atoms with Crippen LogP contribution >= 0.6 is 11.6 Å². The van der Waals surface area contributed by atoms with Gasteiger partial charge in [0, 0.05) is 27.9 Å². The number of ether oxygens (including phenoxy) is 1. The maximum absolute atomic E-state index is 7.17. The van der Waals surface area contributed by atoms with Gasteiger partial charge in [-0.2, -0.15) is 0 Å². The number of nitrogens with two attached hydrogens (primary N) is 1. The van der Waals surface area contributed by atoms with Gasteiger partial charge in [-0.25, -0.2) is 4.98 Å². The smallest absolute Gasteiger partial charge is 0.122 e. The molecule has 4 heteroatoms. The second kappa shape index (κ2) is 11.7. The maximum Gasteiger partial charge on any atom is 0.122 e. The Morgan fingerprint density at radius 2 is 1.54 bits per heavy atom. The van der Waals surface area contributed by atoms with Crippen molar-refractivity contribution in [1.82, 2.24) is 4.98 Å². The number of nitrogens with zero attached hydrogens (tertiary/aromatic N) is 1. The highest BCUT2D eigenvalue weighted by Crippen LogP contribution is 2.45. The topological polar surface area (TPSA) is 48.1 Å². The van der Waals surface area contributed by atoms with Crippen molar-refractivity contribution in [3.05, 3.63) is 82.6 Å². The van der Waals surface area contributed by atoms with Crippen molar-refractivity contribution >= 4 is 11.6 Å². The first-order valence-electron chi connectivity index (χ1n) is 13.8. The second-order valence-corrected chi connectivity index (χ2v) is 11.3. The van der Waals surface area contributed by atoms with E-state index in [1.54, 1.807) is 0 Å². The zero-order valence-corrected chi connectivity index (χ0v) is 22.6. The van der Waals surface area contributed by atoms with E-state index in [0.29, 0.717) is 18.4 Å². The van der Waals surface area contributed by atoms with Crippen molar-refractivity contribution in [3.63, 3.8) is 0 Å². The van der Waals surface area contributed by atoms with Crippen LogP contribution in [0.1, 0.15) is 74.6 Å². The normalized spacial score (nSPS) is 16.5. The lowest BCUT2D eigenvalue weighted by molar-refractivity contribution is 0.134. The average Bonchev–Trinajstić information content (AvgIpc) is 3.65. The van der Waals surface area contributed by atoms with E-state index in [2.05, 4.69) is 29.8 Å². The number of benzene rings is 2. The quantitative estimate of drug-likeness (QED) is 0.326. The van der Waals surface area contributed by atoms with Crippen LogP contribution in [0.4, 0.5) is 0 Å². The number of hydrogen-bond acceptors (Lipinski definition) is 3. The molecule has 3 aromatic rings. The summed E-state index contributed by atoms with van der Waals surface area (Å²) in [6.07, 6.45) is 13.3. The molecule has 2 fully saturated rings. The fourth-order valence-corrected chi connectivity index (χ4v) is 6.44. The summed E-state index contributed by atoms with van der Waals surface area (Å²) in [5.74, 6) is 8.67.